The third kappa shape index (κ3) is 4.34. The molecule has 0 spiro atoms. The van der Waals surface area contributed by atoms with Gasteiger partial charge in [-0.25, -0.2) is 15.8 Å². The number of nitrogens with zero attached hydrogens (tertiary/aromatic N) is 6. The van der Waals surface area contributed by atoms with E-state index in [1.807, 2.05) is 13.2 Å². The standard InChI is InChI=1S/C20H29N8P/c1-3-27-6-8-28(9-7-27)19-11-17(22-13-23-19)20-15-10-14(18(29)12-26(2)21)4-5-16(15)24-25-20/h10-13H,3-9,21,29H2,1-2H3,(H,24,25)/b18-12-. The van der Waals surface area contributed by atoms with Gasteiger partial charge in [-0.05, 0) is 36.3 Å². The van der Waals surface area contributed by atoms with Crippen molar-refractivity contribution in [2.45, 2.75) is 19.8 Å². The van der Waals surface area contributed by atoms with Crippen LogP contribution in [0.25, 0.3) is 17.5 Å². The molecule has 1 fully saturated rings. The Kier molecular flexibility index (Phi) is 5.94. The lowest BCUT2D eigenvalue weighted by Crippen LogP contribution is -2.46. The van der Waals surface area contributed by atoms with Crippen LogP contribution in [0.1, 0.15) is 24.6 Å². The molecule has 2 aromatic rings. The van der Waals surface area contributed by atoms with E-state index in [4.69, 9.17) is 5.84 Å². The number of aromatic amines is 1. The summed E-state index contributed by atoms with van der Waals surface area (Å²) in [4.78, 5) is 13.8. The molecule has 1 aliphatic carbocycles. The van der Waals surface area contributed by atoms with Crippen molar-refractivity contribution in [3.63, 3.8) is 0 Å². The van der Waals surface area contributed by atoms with E-state index in [1.54, 1.807) is 11.3 Å². The maximum atomic E-state index is 5.77. The Balaban J connectivity index is 1.62. The van der Waals surface area contributed by atoms with Crippen LogP contribution in [0.5, 0.6) is 0 Å². The number of H-pyrrole nitrogens is 1. The molecule has 1 atom stereocenters. The van der Waals surface area contributed by atoms with Gasteiger partial charge < -0.3 is 14.8 Å². The molecule has 1 unspecified atom stereocenters. The average molecular weight is 412 g/mol. The molecule has 3 N–H and O–H groups in total. The fraction of sp³-hybridized carbons (Fsp3) is 0.450. The lowest BCUT2D eigenvalue weighted by Gasteiger charge is -2.34. The number of hydrazine groups is 1. The average Bonchev–Trinajstić information content (AvgIpc) is 3.16. The number of nitrogens with two attached hydrogens (primary N) is 1. The molecular weight excluding hydrogens is 383 g/mol. The second-order valence-electron chi connectivity index (χ2n) is 7.57. The van der Waals surface area contributed by atoms with Crippen LogP contribution in [-0.2, 0) is 6.42 Å². The summed E-state index contributed by atoms with van der Waals surface area (Å²) in [5, 5.41) is 10.4. The van der Waals surface area contributed by atoms with E-state index in [-0.39, 0.29) is 0 Å². The number of hydrogen-bond acceptors (Lipinski definition) is 7. The lowest BCUT2D eigenvalue weighted by molar-refractivity contribution is 0.270. The number of nitrogens with one attached hydrogen (secondary N) is 1. The van der Waals surface area contributed by atoms with Crippen molar-refractivity contribution in [3.8, 4) is 11.4 Å². The van der Waals surface area contributed by atoms with E-state index in [2.05, 4.69) is 58.3 Å². The highest BCUT2D eigenvalue weighted by molar-refractivity contribution is 7.23. The van der Waals surface area contributed by atoms with E-state index >= 15 is 0 Å². The van der Waals surface area contributed by atoms with E-state index < -0.39 is 0 Å². The van der Waals surface area contributed by atoms with Gasteiger partial charge in [0.2, 0.25) is 0 Å². The maximum absolute atomic E-state index is 5.77. The minimum Gasteiger partial charge on any atom is -0.354 e. The normalized spacial score (nSPS) is 17.9. The first-order chi connectivity index (χ1) is 14.0. The zero-order chi connectivity index (χ0) is 20.4. The number of rotatable bonds is 5. The van der Waals surface area contributed by atoms with Crippen LogP contribution < -0.4 is 10.7 Å². The number of anilines is 1. The molecule has 9 heteroatoms. The molecule has 1 saturated heterocycles. The molecule has 0 bridgehead atoms. The van der Waals surface area contributed by atoms with Crippen LogP contribution in [-0.4, -0.2) is 69.8 Å². The number of aromatic nitrogens is 4. The van der Waals surface area contributed by atoms with Crippen LogP contribution in [0.3, 0.4) is 0 Å². The van der Waals surface area contributed by atoms with E-state index in [0.29, 0.717) is 0 Å². The van der Waals surface area contributed by atoms with Crippen LogP contribution in [0.15, 0.2) is 29.5 Å². The zero-order valence-electron chi connectivity index (χ0n) is 17.1. The quantitative estimate of drug-likeness (QED) is 0.440. The number of fused-ring (bicyclic) bond motifs is 1. The molecule has 8 nitrogen and oxygen atoms in total. The van der Waals surface area contributed by atoms with Gasteiger partial charge in [-0.1, -0.05) is 6.92 Å². The highest BCUT2D eigenvalue weighted by atomic mass is 31.0. The molecule has 4 rings (SSSR count). The van der Waals surface area contributed by atoms with Crippen molar-refractivity contribution in [2.24, 2.45) is 5.84 Å². The van der Waals surface area contributed by atoms with Gasteiger partial charge in [-0.2, -0.15) is 5.10 Å². The predicted molar refractivity (Wildman–Crippen MR) is 120 cm³/mol. The molecule has 0 aromatic carbocycles. The minimum atomic E-state index is 0.855. The summed E-state index contributed by atoms with van der Waals surface area (Å²) in [5.74, 6) is 6.75. The van der Waals surface area contributed by atoms with Crippen molar-refractivity contribution in [3.05, 3.63) is 40.7 Å². The molecule has 1 aliphatic heterocycles. The number of likely N-dealkylation sites (N-methyl/N-ethyl adjacent to an activating group) is 1. The first-order valence-electron chi connectivity index (χ1n) is 10.1. The Hall–Kier alpha value is -2.28. The predicted octanol–water partition coefficient (Wildman–Crippen LogP) is 1.86. The van der Waals surface area contributed by atoms with Crippen LogP contribution in [0, 0.1) is 0 Å². The van der Waals surface area contributed by atoms with Crippen LogP contribution >= 0.6 is 9.24 Å². The molecule has 2 aromatic heterocycles. The van der Waals surface area contributed by atoms with Gasteiger partial charge in [0.15, 0.2) is 0 Å². The summed E-state index contributed by atoms with van der Waals surface area (Å²) in [6, 6.07) is 2.06. The fourth-order valence-corrected chi connectivity index (χ4v) is 4.37. The van der Waals surface area contributed by atoms with Gasteiger partial charge in [-0.15, -0.1) is 9.24 Å². The Morgan fingerprint density at radius 1 is 1.28 bits per heavy atom. The van der Waals surface area contributed by atoms with Crippen LogP contribution in [0.4, 0.5) is 5.82 Å². The summed E-state index contributed by atoms with van der Waals surface area (Å²) in [7, 11) is 4.61. The fourth-order valence-electron chi connectivity index (χ4n) is 3.91. The van der Waals surface area contributed by atoms with E-state index in [1.165, 1.54) is 5.57 Å². The molecule has 154 valence electrons. The molecule has 0 saturated carbocycles. The molecular formula is C20H29N8P. The molecule has 0 amide bonds. The zero-order valence-corrected chi connectivity index (χ0v) is 18.3. The van der Waals surface area contributed by atoms with Crippen molar-refractivity contribution in [1.29, 1.82) is 0 Å². The van der Waals surface area contributed by atoms with Crippen LogP contribution in [0.2, 0.25) is 0 Å². The van der Waals surface area contributed by atoms with Crippen molar-refractivity contribution >= 4 is 21.1 Å². The Labute approximate surface area is 174 Å². The monoisotopic (exact) mass is 412 g/mol. The minimum absolute atomic E-state index is 0.855. The van der Waals surface area contributed by atoms with Crippen molar-refractivity contribution < 1.29 is 0 Å². The Bertz CT molecular complexity index is 924. The second-order valence-corrected chi connectivity index (χ2v) is 8.19. The van der Waals surface area contributed by atoms with Gasteiger partial charge >= 0.3 is 0 Å². The molecule has 29 heavy (non-hydrogen) atoms. The van der Waals surface area contributed by atoms with Gasteiger partial charge in [0.25, 0.3) is 0 Å². The summed E-state index contributed by atoms with van der Waals surface area (Å²) in [6.07, 6.45) is 7.64. The van der Waals surface area contributed by atoms with Gasteiger partial charge in [0.05, 0.1) is 5.69 Å². The molecule has 3 heterocycles. The highest BCUT2D eigenvalue weighted by Crippen LogP contribution is 2.35. The van der Waals surface area contributed by atoms with Crippen molar-refractivity contribution in [2.75, 3.05) is 44.7 Å². The summed E-state index contributed by atoms with van der Waals surface area (Å²) in [5.41, 5.74) is 5.24. The molecule has 2 aliphatic rings. The highest BCUT2D eigenvalue weighted by Gasteiger charge is 2.22. The topological polar surface area (TPSA) is 90.2 Å². The summed E-state index contributed by atoms with van der Waals surface area (Å²) < 4.78 is 0. The number of allylic oxidation sites excluding steroid dienone is 2. The third-order valence-corrected chi connectivity index (χ3v) is 6.12. The number of piperazine rings is 1. The SMILES string of the molecule is CCN1CCN(c2cc(-c3n[nH]c4c3C=C(/C(P)=C/N(C)N)CC4)ncn2)CC1. The van der Waals surface area contributed by atoms with E-state index in [9.17, 15) is 0 Å². The number of aryl methyl sites for hydroxylation is 1. The Morgan fingerprint density at radius 3 is 2.79 bits per heavy atom. The van der Waals surface area contributed by atoms with Crippen molar-refractivity contribution in [1.82, 2.24) is 30.1 Å². The smallest absolute Gasteiger partial charge is 0.132 e. The largest absolute Gasteiger partial charge is 0.354 e. The second kappa shape index (κ2) is 8.61. The lowest BCUT2D eigenvalue weighted by atomic mass is 9.95. The number of hydrogen-bond donors (Lipinski definition) is 2. The third-order valence-electron chi connectivity index (χ3n) is 5.60. The summed E-state index contributed by atoms with van der Waals surface area (Å²) >= 11 is 0. The molecule has 0 radical (unpaired) electrons. The van der Waals surface area contributed by atoms with Gasteiger partial charge in [0.1, 0.15) is 17.8 Å². The van der Waals surface area contributed by atoms with Gasteiger partial charge in [0, 0.05) is 56.8 Å². The van der Waals surface area contributed by atoms with E-state index in [0.717, 1.165) is 79.3 Å². The van der Waals surface area contributed by atoms with Gasteiger partial charge in [-0.3, -0.25) is 5.10 Å². The first-order valence-corrected chi connectivity index (χ1v) is 10.7. The Morgan fingerprint density at radius 2 is 2.07 bits per heavy atom. The first kappa shape index (κ1) is 20.0. The maximum Gasteiger partial charge on any atom is 0.132 e. The summed E-state index contributed by atoms with van der Waals surface area (Å²) in [6.45, 7) is 7.42.